The van der Waals surface area contributed by atoms with E-state index in [-0.39, 0.29) is 6.54 Å². The van der Waals surface area contributed by atoms with Gasteiger partial charge in [-0.2, -0.15) is 4.39 Å². The van der Waals surface area contributed by atoms with Gasteiger partial charge in [-0.1, -0.05) is 0 Å². The summed E-state index contributed by atoms with van der Waals surface area (Å²) in [6.45, 7) is 8.08. The van der Waals surface area contributed by atoms with Crippen LogP contribution in [0, 0.1) is 5.95 Å². The number of hydrogen-bond acceptors (Lipinski definition) is 4. The summed E-state index contributed by atoms with van der Waals surface area (Å²) in [6.07, 6.45) is 1.43. The van der Waals surface area contributed by atoms with Crippen LogP contribution in [0.15, 0.2) is 12.3 Å². The van der Waals surface area contributed by atoms with E-state index < -0.39 is 24.3 Å². The van der Waals surface area contributed by atoms with Crippen molar-refractivity contribution in [3.63, 3.8) is 0 Å². The fourth-order valence-electron chi connectivity index (χ4n) is 1.84. The summed E-state index contributed by atoms with van der Waals surface area (Å²) in [6, 6.07) is 1.32. The molecule has 2 heterocycles. The fourth-order valence-corrected chi connectivity index (χ4v) is 1.84. The lowest BCUT2D eigenvalue weighted by molar-refractivity contribution is 0.00578. The van der Waals surface area contributed by atoms with Crippen molar-refractivity contribution in [2.75, 3.05) is 0 Å². The highest BCUT2D eigenvalue weighted by Gasteiger charge is 2.52. The third-order valence-corrected chi connectivity index (χ3v) is 3.72. The zero-order valence-corrected chi connectivity index (χ0v) is 11.2. The standard InChI is InChI=1S/C12H18BFN2O2/c1-11(2)12(3,4)18-13(17-11)9-7-16-10(14)5-8(9)6-15/h5,7H,6,15H2,1-4H3. The van der Waals surface area contributed by atoms with Crippen LogP contribution in [-0.2, 0) is 15.9 Å². The molecule has 1 fully saturated rings. The summed E-state index contributed by atoms with van der Waals surface area (Å²) in [5, 5.41) is 0. The van der Waals surface area contributed by atoms with Gasteiger partial charge in [0.15, 0.2) is 0 Å². The van der Waals surface area contributed by atoms with Crippen LogP contribution < -0.4 is 11.2 Å². The molecular weight excluding hydrogens is 234 g/mol. The molecule has 4 nitrogen and oxygen atoms in total. The molecule has 1 aromatic rings. The van der Waals surface area contributed by atoms with Crippen molar-refractivity contribution in [3.8, 4) is 0 Å². The predicted octanol–water partition coefficient (Wildman–Crippen LogP) is 0.979. The lowest BCUT2D eigenvalue weighted by atomic mass is 9.77. The largest absolute Gasteiger partial charge is 0.496 e. The lowest BCUT2D eigenvalue weighted by Crippen LogP contribution is -2.41. The van der Waals surface area contributed by atoms with E-state index >= 15 is 0 Å². The highest BCUT2D eigenvalue weighted by Crippen LogP contribution is 2.36. The van der Waals surface area contributed by atoms with Gasteiger partial charge in [-0.15, -0.1) is 0 Å². The van der Waals surface area contributed by atoms with Gasteiger partial charge >= 0.3 is 7.12 Å². The average molecular weight is 252 g/mol. The van der Waals surface area contributed by atoms with Crippen molar-refractivity contribution >= 4 is 12.6 Å². The molecule has 1 aromatic heterocycles. The number of nitrogens with zero attached hydrogens (tertiary/aromatic N) is 1. The van der Waals surface area contributed by atoms with Gasteiger partial charge in [0.2, 0.25) is 5.95 Å². The summed E-state index contributed by atoms with van der Waals surface area (Å²) in [7, 11) is -0.554. The van der Waals surface area contributed by atoms with E-state index in [2.05, 4.69) is 4.98 Å². The Morgan fingerprint density at radius 2 is 1.83 bits per heavy atom. The molecule has 0 unspecified atom stereocenters. The van der Waals surface area contributed by atoms with E-state index in [1.54, 1.807) is 0 Å². The van der Waals surface area contributed by atoms with E-state index in [0.717, 1.165) is 0 Å². The molecule has 6 heteroatoms. The minimum atomic E-state index is -0.554. The van der Waals surface area contributed by atoms with Crippen molar-refractivity contribution in [1.29, 1.82) is 0 Å². The second-order valence-electron chi connectivity index (χ2n) is 5.50. The van der Waals surface area contributed by atoms with Crippen LogP contribution in [-0.4, -0.2) is 23.3 Å². The topological polar surface area (TPSA) is 57.4 Å². The zero-order valence-electron chi connectivity index (χ0n) is 11.2. The maximum absolute atomic E-state index is 13.1. The maximum atomic E-state index is 13.1. The van der Waals surface area contributed by atoms with E-state index in [1.807, 2.05) is 27.7 Å². The molecule has 0 atom stereocenters. The summed E-state index contributed by atoms with van der Waals surface area (Å²) in [5.41, 5.74) is 6.10. The summed E-state index contributed by atoms with van der Waals surface area (Å²) < 4.78 is 24.9. The molecule has 1 aliphatic rings. The number of aromatic nitrogens is 1. The molecule has 1 aliphatic heterocycles. The molecule has 0 bridgehead atoms. The van der Waals surface area contributed by atoms with Crippen LogP contribution in [0.5, 0.6) is 0 Å². The third-order valence-electron chi connectivity index (χ3n) is 3.72. The number of halogens is 1. The zero-order chi connectivity index (χ0) is 13.6. The van der Waals surface area contributed by atoms with Crippen molar-refractivity contribution in [2.24, 2.45) is 5.73 Å². The molecule has 0 aromatic carbocycles. The Morgan fingerprint density at radius 1 is 1.28 bits per heavy atom. The molecule has 1 saturated heterocycles. The van der Waals surface area contributed by atoms with Gasteiger partial charge in [-0.3, -0.25) is 0 Å². The SMILES string of the molecule is CC1(C)OB(c2cnc(F)cc2CN)OC1(C)C. The van der Waals surface area contributed by atoms with Crippen LogP contribution in [0.1, 0.15) is 33.3 Å². The first kappa shape index (κ1) is 13.5. The molecule has 0 aliphatic carbocycles. The van der Waals surface area contributed by atoms with Gasteiger partial charge in [0.25, 0.3) is 0 Å². The monoisotopic (exact) mass is 252 g/mol. The number of nitrogens with two attached hydrogens (primary N) is 1. The first-order chi connectivity index (χ1) is 8.27. The Bertz CT molecular complexity index is 449. The molecule has 2 N–H and O–H groups in total. The van der Waals surface area contributed by atoms with Crippen LogP contribution in [0.2, 0.25) is 0 Å². The lowest BCUT2D eigenvalue weighted by Gasteiger charge is -2.32. The Labute approximate surface area is 107 Å². The van der Waals surface area contributed by atoms with E-state index in [0.29, 0.717) is 11.0 Å². The predicted molar refractivity (Wildman–Crippen MR) is 67.8 cm³/mol. The summed E-state index contributed by atoms with van der Waals surface area (Å²) in [5.74, 6) is -0.546. The van der Waals surface area contributed by atoms with Gasteiger partial charge in [0.1, 0.15) is 0 Å². The molecular formula is C12H18BFN2O2. The second kappa shape index (κ2) is 4.29. The molecule has 98 valence electrons. The quantitative estimate of drug-likeness (QED) is 0.629. The molecule has 2 rings (SSSR count). The fraction of sp³-hybridized carbons (Fsp3) is 0.583. The molecule has 0 saturated carbocycles. The van der Waals surface area contributed by atoms with Crippen LogP contribution in [0.4, 0.5) is 4.39 Å². The van der Waals surface area contributed by atoms with Crippen molar-refractivity contribution in [1.82, 2.24) is 4.98 Å². The normalized spacial score (nSPS) is 21.3. The van der Waals surface area contributed by atoms with Gasteiger partial charge < -0.3 is 15.0 Å². The number of pyridine rings is 1. The minimum absolute atomic E-state index is 0.221. The summed E-state index contributed by atoms with van der Waals surface area (Å²) >= 11 is 0. The van der Waals surface area contributed by atoms with E-state index in [4.69, 9.17) is 15.0 Å². The van der Waals surface area contributed by atoms with Crippen molar-refractivity contribution < 1.29 is 13.7 Å². The smallest absolute Gasteiger partial charge is 0.399 e. The van der Waals surface area contributed by atoms with E-state index in [9.17, 15) is 4.39 Å². The highest BCUT2D eigenvalue weighted by atomic mass is 19.1. The first-order valence-corrected chi connectivity index (χ1v) is 5.97. The van der Waals surface area contributed by atoms with Gasteiger partial charge in [0.05, 0.1) is 11.2 Å². The second-order valence-corrected chi connectivity index (χ2v) is 5.50. The van der Waals surface area contributed by atoms with Crippen LogP contribution in [0.25, 0.3) is 0 Å². The first-order valence-electron chi connectivity index (χ1n) is 5.97. The maximum Gasteiger partial charge on any atom is 0.496 e. The summed E-state index contributed by atoms with van der Waals surface area (Å²) in [4.78, 5) is 3.65. The minimum Gasteiger partial charge on any atom is -0.399 e. The third kappa shape index (κ3) is 2.16. The Balaban J connectivity index is 2.35. The molecule has 0 radical (unpaired) electrons. The average Bonchev–Trinajstić information content (AvgIpc) is 2.47. The molecule has 0 amide bonds. The number of hydrogen-bond donors (Lipinski definition) is 1. The molecule has 0 spiro atoms. The van der Waals surface area contributed by atoms with Gasteiger partial charge in [0, 0.05) is 18.2 Å². The Hall–Kier alpha value is -0.975. The Morgan fingerprint density at radius 3 is 2.33 bits per heavy atom. The highest BCUT2D eigenvalue weighted by molar-refractivity contribution is 6.62. The Kier molecular flexibility index (Phi) is 3.21. The number of rotatable bonds is 2. The van der Waals surface area contributed by atoms with Gasteiger partial charge in [-0.05, 0) is 39.3 Å². The van der Waals surface area contributed by atoms with Crippen molar-refractivity contribution in [2.45, 2.75) is 45.4 Å². The van der Waals surface area contributed by atoms with Crippen molar-refractivity contribution in [3.05, 3.63) is 23.8 Å². The molecule has 18 heavy (non-hydrogen) atoms. The van der Waals surface area contributed by atoms with Crippen LogP contribution in [0.3, 0.4) is 0 Å². The van der Waals surface area contributed by atoms with Gasteiger partial charge in [-0.25, -0.2) is 4.98 Å². The van der Waals surface area contributed by atoms with Crippen LogP contribution >= 0.6 is 0 Å². The van der Waals surface area contributed by atoms with E-state index in [1.165, 1.54) is 12.3 Å².